The van der Waals surface area contributed by atoms with Crippen molar-refractivity contribution in [2.75, 3.05) is 19.7 Å². The highest BCUT2D eigenvalue weighted by Gasteiger charge is 2.28. The summed E-state index contributed by atoms with van der Waals surface area (Å²) in [6.45, 7) is 3.90. The molecule has 0 saturated carbocycles. The van der Waals surface area contributed by atoms with Gasteiger partial charge in [0, 0.05) is 13.7 Å². The van der Waals surface area contributed by atoms with Gasteiger partial charge in [-0.05, 0) is 69.3 Å². The molecule has 2 aliphatic heterocycles. The van der Waals surface area contributed by atoms with E-state index in [9.17, 15) is 4.79 Å². The number of ether oxygens (including phenoxy) is 1. The SMILES string of the molecule is Cn1c(CN2CCC(C3CCCCO3)CC2)nc2cc(C(=O)O)ccc21. The average Bonchev–Trinajstić information content (AvgIpc) is 2.98. The maximum Gasteiger partial charge on any atom is 0.335 e. The predicted molar refractivity (Wildman–Crippen MR) is 99.3 cm³/mol. The van der Waals surface area contributed by atoms with Crippen LogP contribution >= 0.6 is 0 Å². The second kappa shape index (κ2) is 7.37. The van der Waals surface area contributed by atoms with E-state index in [0.29, 0.717) is 12.0 Å². The summed E-state index contributed by atoms with van der Waals surface area (Å²) in [5, 5.41) is 9.16. The van der Waals surface area contributed by atoms with Crippen molar-refractivity contribution in [1.82, 2.24) is 14.5 Å². The van der Waals surface area contributed by atoms with E-state index in [0.717, 1.165) is 43.1 Å². The van der Waals surface area contributed by atoms with Crippen LogP contribution in [0.5, 0.6) is 0 Å². The largest absolute Gasteiger partial charge is 0.478 e. The van der Waals surface area contributed by atoms with Crippen LogP contribution in [0.15, 0.2) is 18.2 Å². The lowest BCUT2D eigenvalue weighted by Crippen LogP contribution is -2.39. The summed E-state index contributed by atoms with van der Waals surface area (Å²) in [7, 11) is 2.01. The highest BCUT2D eigenvalue weighted by molar-refractivity contribution is 5.92. The summed E-state index contributed by atoms with van der Waals surface area (Å²) < 4.78 is 8.06. The molecule has 140 valence electrons. The van der Waals surface area contributed by atoms with Gasteiger partial charge in [-0.15, -0.1) is 0 Å². The van der Waals surface area contributed by atoms with E-state index in [1.165, 1.54) is 32.1 Å². The van der Waals surface area contributed by atoms with Gasteiger partial charge in [-0.1, -0.05) is 0 Å². The molecular formula is C20H27N3O3. The zero-order valence-corrected chi connectivity index (χ0v) is 15.4. The lowest BCUT2D eigenvalue weighted by Gasteiger charge is -2.37. The van der Waals surface area contributed by atoms with Crippen molar-refractivity contribution in [3.63, 3.8) is 0 Å². The van der Waals surface area contributed by atoms with Crippen LogP contribution < -0.4 is 0 Å². The molecule has 26 heavy (non-hydrogen) atoms. The zero-order chi connectivity index (χ0) is 18.1. The summed E-state index contributed by atoms with van der Waals surface area (Å²) in [5.74, 6) is 0.783. The quantitative estimate of drug-likeness (QED) is 0.911. The number of carbonyl (C=O) groups is 1. The number of carboxylic acids is 1. The van der Waals surface area contributed by atoms with E-state index in [1.807, 2.05) is 13.1 Å². The van der Waals surface area contributed by atoms with Gasteiger partial charge in [-0.25, -0.2) is 9.78 Å². The Hall–Kier alpha value is -1.92. The third-order valence-electron chi connectivity index (χ3n) is 5.96. The molecule has 6 heteroatoms. The van der Waals surface area contributed by atoms with E-state index >= 15 is 0 Å². The van der Waals surface area contributed by atoms with Gasteiger partial charge in [0.2, 0.25) is 0 Å². The van der Waals surface area contributed by atoms with E-state index in [2.05, 4.69) is 9.47 Å². The van der Waals surface area contributed by atoms with Gasteiger partial charge >= 0.3 is 5.97 Å². The van der Waals surface area contributed by atoms with E-state index in [4.69, 9.17) is 14.8 Å². The smallest absolute Gasteiger partial charge is 0.335 e. The lowest BCUT2D eigenvalue weighted by atomic mass is 9.87. The summed E-state index contributed by atoms with van der Waals surface area (Å²) in [4.78, 5) is 18.3. The van der Waals surface area contributed by atoms with Gasteiger partial charge in [0.25, 0.3) is 0 Å². The maximum absolute atomic E-state index is 11.2. The third kappa shape index (κ3) is 3.48. The first-order valence-corrected chi connectivity index (χ1v) is 9.64. The number of benzene rings is 1. The number of rotatable bonds is 4. The number of hydrogen-bond donors (Lipinski definition) is 1. The Labute approximate surface area is 153 Å². The van der Waals surface area contributed by atoms with Crippen LogP contribution in [0.2, 0.25) is 0 Å². The number of likely N-dealkylation sites (tertiary alicyclic amines) is 1. The molecule has 3 heterocycles. The molecule has 2 aliphatic rings. The summed E-state index contributed by atoms with van der Waals surface area (Å²) in [6, 6.07) is 5.15. The van der Waals surface area contributed by atoms with Gasteiger partial charge in [0.05, 0.1) is 29.2 Å². The fourth-order valence-electron chi connectivity index (χ4n) is 4.34. The zero-order valence-electron chi connectivity index (χ0n) is 15.4. The van der Waals surface area contributed by atoms with Gasteiger partial charge in [0.1, 0.15) is 5.82 Å². The number of piperidine rings is 1. The van der Waals surface area contributed by atoms with Crippen molar-refractivity contribution in [3.05, 3.63) is 29.6 Å². The first-order chi connectivity index (χ1) is 12.6. The first-order valence-electron chi connectivity index (χ1n) is 9.64. The van der Waals surface area contributed by atoms with Gasteiger partial charge in [-0.3, -0.25) is 4.90 Å². The molecule has 1 aromatic carbocycles. The molecule has 1 aromatic heterocycles. The Balaban J connectivity index is 1.41. The van der Waals surface area contributed by atoms with Gasteiger partial charge < -0.3 is 14.4 Å². The van der Waals surface area contributed by atoms with Crippen LogP contribution in [0, 0.1) is 5.92 Å². The van der Waals surface area contributed by atoms with Crippen LogP contribution in [0.4, 0.5) is 0 Å². The molecule has 2 fully saturated rings. The first kappa shape index (κ1) is 17.5. The molecule has 2 aromatic rings. The standard InChI is InChI=1S/C20H27N3O3/c1-22-17-6-5-15(20(24)25)12-16(17)21-19(22)13-23-9-7-14(8-10-23)18-4-2-3-11-26-18/h5-6,12,14,18H,2-4,7-11,13H2,1H3,(H,24,25). The van der Waals surface area contributed by atoms with Crippen LogP contribution in [0.3, 0.4) is 0 Å². The Kier molecular flexibility index (Phi) is 4.96. The van der Waals surface area contributed by atoms with Crippen molar-refractivity contribution in [2.45, 2.75) is 44.8 Å². The van der Waals surface area contributed by atoms with Crippen molar-refractivity contribution in [3.8, 4) is 0 Å². The highest BCUT2D eigenvalue weighted by Crippen LogP contribution is 2.29. The molecule has 6 nitrogen and oxygen atoms in total. The Bertz CT molecular complexity index is 787. The lowest BCUT2D eigenvalue weighted by molar-refractivity contribution is -0.0385. The normalized spacial score (nSPS) is 22.7. The second-order valence-corrected chi connectivity index (χ2v) is 7.61. The van der Waals surface area contributed by atoms with Crippen LogP contribution in [-0.4, -0.2) is 51.3 Å². The molecule has 0 spiro atoms. The molecule has 4 rings (SSSR count). The molecule has 1 N–H and O–H groups in total. The third-order valence-corrected chi connectivity index (χ3v) is 5.96. The fourth-order valence-corrected chi connectivity index (χ4v) is 4.34. The number of imidazole rings is 1. The molecule has 1 atom stereocenters. The number of aromatic carboxylic acids is 1. The number of hydrogen-bond acceptors (Lipinski definition) is 4. The molecule has 0 aliphatic carbocycles. The number of fused-ring (bicyclic) bond motifs is 1. The maximum atomic E-state index is 11.2. The predicted octanol–water partition coefficient (Wildman–Crippen LogP) is 3.05. The van der Waals surface area contributed by atoms with E-state index in [-0.39, 0.29) is 5.56 Å². The topological polar surface area (TPSA) is 67.6 Å². The van der Waals surface area contributed by atoms with Crippen LogP contribution in [0.25, 0.3) is 11.0 Å². The molecule has 0 radical (unpaired) electrons. The van der Waals surface area contributed by atoms with E-state index in [1.54, 1.807) is 12.1 Å². The minimum absolute atomic E-state index is 0.287. The second-order valence-electron chi connectivity index (χ2n) is 7.61. The number of nitrogens with zero attached hydrogens (tertiary/aromatic N) is 3. The van der Waals surface area contributed by atoms with Crippen molar-refractivity contribution in [2.24, 2.45) is 13.0 Å². The minimum atomic E-state index is -0.911. The highest BCUT2D eigenvalue weighted by atomic mass is 16.5. The number of carboxylic acid groups (broad SMARTS) is 1. The molecular weight excluding hydrogens is 330 g/mol. The Morgan fingerprint density at radius 1 is 1.27 bits per heavy atom. The molecule has 0 amide bonds. The van der Waals surface area contributed by atoms with Gasteiger partial charge in [0.15, 0.2) is 0 Å². The van der Waals surface area contributed by atoms with Crippen LogP contribution in [-0.2, 0) is 18.3 Å². The Morgan fingerprint density at radius 2 is 2.08 bits per heavy atom. The average molecular weight is 357 g/mol. The van der Waals surface area contributed by atoms with E-state index < -0.39 is 5.97 Å². The molecule has 2 saturated heterocycles. The van der Waals surface area contributed by atoms with Crippen LogP contribution in [0.1, 0.15) is 48.3 Å². The van der Waals surface area contributed by atoms with Gasteiger partial charge in [-0.2, -0.15) is 0 Å². The molecule has 1 unspecified atom stereocenters. The van der Waals surface area contributed by atoms with Crippen molar-refractivity contribution >= 4 is 17.0 Å². The van der Waals surface area contributed by atoms with Crippen molar-refractivity contribution in [1.29, 1.82) is 0 Å². The number of aromatic nitrogens is 2. The minimum Gasteiger partial charge on any atom is -0.478 e. The monoisotopic (exact) mass is 357 g/mol. The fraction of sp³-hybridized carbons (Fsp3) is 0.600. The Morgan fingerprint density at radius 3 is 2.77 bits per heavy atom. The summed E-state index contributed by atoms with van der Waals surface area (Å²) >= 11 is 0. The van der Waals surface area contributed by atoms with Crippen molar-refractivity contribution < 1.29 is 14.6 Å². The molecule has 0 bridgehead atoms. The number of aryl methyl sites for hydroxylation is 1. The summed E-state index contributed by atoms with van der Waals surface area (Å²) in [6.07, 6.45) is 6.60. The summed E-state index contributed by atoms with van der Waals surface area (Å²) in [5.41, 5.74) is 2.03.